The second-order valence-corrected chi connectivity index (χ2v) is 7.95. The smallest absolute Gasteiger partial charge is 0.310 e. The van der Waals surface area contributed by atoms with Crippen LogP contribution in [0.1, 0.15) is 110 Å². The highest BCUT2D eigenvalue weighted by molar-refractivity contribution is 5.81. The summed E-state index contributed by atoms with van der Waals surface area (Å²) in [4.78, 5) is 24.0. The van der Waals surface area contributed by atoms with Crippen LogP contribution in [0.5, 0.6) is 0 Å². The molecule has 0 bridgehead atoms. The van der Waals surface area contributed by atoms with Gasteiger partial charge < -0.3 is 9.84 Å². The Balaban J connectivity index is 2.41. The molecule has 1 rings (SSSR count). The molecule has 0 spiro atoms. The third kappa shape index (κ3) is 9.05. The second-order valence-electron chi connectivity index (χ2n) is 7.95. The Hall–Kier alpha value is -1.06. The van der Waals surface area contributed by atoms with Gasteiger partial charge in [0.15, 0.2) is 0 Å². The van der Waals surface area contributed by atoms with Gasteiger partial charge in [0.1, 0.15) is 6.10 Å². The Morgan fingerprint density at radius 3 is 2.00 bits per heavy atom. The van der Waals surface area contributed by atoms with Gasteiger partial charge in [-0.25, -0.2) is 0 Å². The molecule has 0 radical (unpaired) electrons. The number of ether oxygens (including phenoxy) is 1. The van der Waals surface area contributed by atoms with Crippen LogP contribution in [0.25, 0.3) is 0 Å². The Morgan fingerprint density at radius 2 is 1.38 bits per heavy atom. The number of carbonyl (C=O) groups is 2. The first-order chi connectivity index (χ1) is 12.6. The zero-order valence-electron chi connectivity index (χ0n) is 17.0. The van der Waals surface area contributed by atoms with Gasteiger partial charge in [0.25, 0.3) is 0 Å². The van der Waals surface area contributed by atoms with Crippen molar-refractivity contribution in [1.29, 1.82) is 0 Å². The molecule has 0 aromatic carbocycles. The first-order valence-electron chi connectivity index (χ1n) is 11.0. The fourth-order valence-electron chi connectivity index (χ4n) is 3.98. The van der Waals surface area contributed by atoms with Crippen LogP contribution in [0.2, 0.25) is 0 Å². The van der Waals surface area contributed by atoms with Crippen LogP contribution in [-0.2, 0) is 14.3 Å². The molecule has 0 amide bonds. The summed E-state index contributed by atoms with van der Waals surface area (Å²) in [7, 11) is 0. The van der Waals surface area contributed by atoms with E-state index in [0.717, 1.165) is 44.9 Å². The van der Waals surface area contributed by atoms with Crippen molar-refractivity contribution in [2.75, 3.05) is 0 Å². The average Bonchev–Trinajstić information content (AvgIpc) is 2.64. The molecule has 1 N–H and O–H groups in total. The SMILES string of the molecule is CCCCCCCCCC(CCCC)OC(=O)C1CCCCC1C(=O)O. The van der Waals surface area contributed by atoms with E-state index in [-0.39, 0.29) is 12.1 Å². The summed E-state index contributed by atoms with van der Waals surface area (Å²) in [6.45, 7) is 4.38. The normalized spacial score (nSPS) is 21.3. The molecule has 3 atom stereocenters. The van der Waals surface area contributed by atoms with Gasteiger partial charge in [-0.3, -0.25) is 9.59 Å². The summed E-state index contributed by atoms with van der Waals surface area (Å²) in [6.07, 6.45) is 15.8. The van der Waals surface area contributed by atoms with E-state index >= 15 is 0 Å². The van der Waals surface area contributed by atoms with Crippen LogP contribution in [0.4, 0.5) is 0 Å². The number of aliphatic carboxylic acids is 1. The number of hydrogen-bond acceptors (Lipinski definition) is 3. The van der Waals surface area contributed by atoms with Crippen molar-refractivity contribution >= 4 is 11.9 Å². The molecule has 1 aliphatic rings. The number of rotatable bonds is 14. The fraction of sp³-hybridized carbons (Fsp3) is 0.909. The van der Waals surface area contributed by atoms with Crippen LogP contribution in [-0.4, -0.2) is 23.1 Å². The van der Waals surface area contributed by atoms with Crippen LogP contribution in [0.3, 0.4) is 0 Å². The molecular formula is C22H40O4. The lowest BCUT2D eigenvalue weighted by molar-refractivity contribution is -0.164. The Bertz CT molecular complexity index is 394. The third-order valence-electron chi connectivity index (χ3n) is 5.68. The Labute approximate surface area is 160 Å². The summed E-state index contributed by atoms with van der Waals surface area (Å²) in [5, 5.41) is 9.39. The topological polar surface area (TPSA) is 63.6 Å². The van der Waals surface area contributed by atoms with Gasteiger partial charge in [-0.2, -0.15) is 0 Å². The third-order valence-corrected chi connectivity index (χ3v) is 5.68. The van der Waals surface area contributed by atoms with Crippen molar-refractivity contribution in [3.8, 4) is 0 Å². The minimum atomic E-state index is -0.844. The Morgan fingerprint density at radius 1 is 0.846 bits per heavy atom. The van der Waals surface area contributed by atoms with Gasteiger partial charge in [0, 0.05) is 0 Å². The highest BCUT2D eigenvalue weighted by Gasteiger charge is 2.37. The number of esters is 1. The van der Waals surface area contributed by atoms with E-state index in [1.54, 1.807) is 0 Å². The summed E-state index contributed by atoms with van der Waals surface area (Å²) in [5.41, 5.74) is 0. The summed E-state index contributed by atoms with van der Waals surface area (Å²) in [5.74, 6) is -2.11. The molecule has 3 unspecified atom stereocenters. The molecule has 0 aromatic rings. The first-order valence-corrected chi connectivity index (χ1v) is 11.0. The zero-order chi connectivity index (χ0) is 19.2. The standard InChI is InChI=1S/C22H40O4/c1-3-5-7-8-9-10-11-15-18(14-6-4-2)26-22(25)20-17-13-12-16-19(20)21(23)24/h18-20H,3-17H2,1-2H3,(H,23,24). The molecule has 152 valence electrons. The van der Waals surface area contributed by atoms with E-state index in [0.29, 0.717) is 12.8 Å². The fourth-order valence-corrected chi connectivity index (χ4v) is 3.98. The molecule has 4 heteroatoms. The van der Waals surface area contributed by atoms with E-state index in [9.17, 15) is 14.7 Å². The van der Waals surface area contributed by atoms with Crippen molar-refractivity contribution in [2.24, 2.45) is 11.8 Å². The molecule has 1 aliphatic carbocycles. The molecule has 0 aliphatic heterocycles. The van der Waals surface area contributed by atoms with Crippen LogP contribution in [0.15, 0.2) is 0 Å². The summed E-state index contributed by atoms with van der Waals surface area (Å²) >= 11 is 0. The molecule has 0 aromatic heterocycles. The highest BCUT2D eigenvalue weighted by Crippen LogP contribution is 2.32. The average molecular weight is 369 g/mol. The maximum absolute atomic E-state index is 12.6. The van der Waals surface area contributed by atoms with E-state index in [1.807, 2.05) is 0 Å². The summed E-state index contributed by atoms with van der Waals surface area (Å²) in [6, 6.07) is 0. The van der Waals surface area contributed by atoms with Crippen molar-refractivity contribution < 1.29 is 19.4 Å². The lowest BCUT2D eigenvalue weighted by Crippen LogP contribution is -2.35. The predicted molar refractivity (Wildman–Crippen MR) is 105 cm³/mol. The summed E-state index contributed by atoms with van der Waals surface area (Å²) < 4.78 is 5.82. The minimum absolute atomic E-state index is 0.0329. The number of carbonyl (C=O) groups excluding carboxylic acids is 1. The van der Waals surface area contributed by atoms with Gasteiger partial charge in [-0.1, -0.05) is 78.1 Å². The van der Waals surface area contributed by atoms with E-state index in [1.165, 1.54) is 38.5 Å². The van der Waals surface area contributed by atoms with Crippen LogP contribution in [0, 0.1) is 11.8 Å². The minimum Gasteiger partial charge on any atom is -0.481 e. The van der Waals surface area contributed by atoms with Crippen molar-refractivity contribution in [1.82, 2.24) is 0 Å². The van der Waals surface area contributed by atoms with Gasteiger partial charge in [-0.15, -0.1) is 0 Å². The largest absolute Gasteiger partial charge is 0.481 e. The predicted octanol–water partition coefficient (Wildman–Crippen LogP) is 6.12. The molecule has 1 fully saturated rings. The van der Waals surface area contributed by atoms with Gasteiger partial charge in [0.2, 0.25) is 0 Å². The molecule has 0 heterocycles. The van der Waals surface area contributed by atoms with Crippen molar-refractivity contribution in [3.05, 3.63) is 0 Å². The lowest BCUT2D eigenvalue weighted by Gasteiger charge is -2.28. The van der Waals surface area contributed by atoms with E-state index in [4.69, 9.17) is 4.74 Å². The quantitative estimate of drug-likeness (QED) is 0.296. The van der Waals surface area contributed by atoms with E-state index < -0.39 is 17.8 Å². The van der Waals surface area contributed by atoms with Gasteiger partial charge in [0.05, 0.1) is 11.8 Å². The number of carboxylic acid groups (broad SMARTS) is 1. The molecule has 0 saturated heterocycles. The van der Waals surface area contributed by atoms with Gasteiger partial charge >= 0.3 is 11.9 Å². The van der Waals surface area contributed by atoms with Crippen molar-refractivity contribution in [3.63, 3.8) is 0 Å². The van der Waals surface area contributed by atoms with Crippen LogP contribution >= 0.6 is 0 Å². The maximum atomic E-state index is 12.6. The molecule has 4 nitrogen and oxygen atoms in total. The van der Waals surface area contributed by atoms with Crippen molar-refractivity contribution in [2.45, 2.75) is 116 Å². The van der Waals surface area contributed by atoms with Crippen LogP contribution < -0.4 is 0 Å². The zero-order valence-corrected chi connectivity index (χ0v) is 17.0. The molecular weight excluding hydrogens is 328 g/mol. The second kappa shape index (κ2) is 14.1. The van der Waals surface area contributed by atoms with E-state index in [2.05, 4.69) is 13.8 Å². The molecule has 26 heavy (non-hydrogen) atoms. The monoisotopic (exact) mass is 368 g/mol. The number of hydrogen-bond donors (Lipinski definition) is 1. The first kappa shape index (κ1) is 23.0. The molecule has 1 saturated carbocycles. The lowest BCUT2D eigenvalue weighted by atomic mass is 9.79. The highest BCUT2D eigenvalue weighted by atomic mass is 16.5. The van der Waals surface area contributed by atoms with Gasteiger partial charge in [-0.05, 0) is 32.1 Å². The maximum Gasteiger partial charge on any atom is 0.310 e. The number of unbranched alkanes of at least 4 members (excludes halogenated alkanes) is 7. The Kier molecular flexibility index (Phi) is 12.4. The number of carboxylic acids is 1.